The van der Waals surface area contributed by atoms with E-state index in [0.717, 1.165) is 51.4 Å². The van der Waals surface area contributed by atoms with E-state index in [9.17, 15) is 4.79 Å². The molecule has 5 heteroatoms. The summed E-state index contributed by atoms with van der Waals surface area (Å²) in [4.78, 5) is 16.1. The normalized spacial score (nSPS) is 21.3. The van der Waals surface area contributed by atoms with Crippen molar-refractivity contribution in [1.82, 2.24) is 10.2 Å². The summed E-state index contributed by atoms with van der Waals surface area (Å²) < 4.78 is 0. The van der Waals surface area contributed by atoms with Crippen molar-refractivity contribution in [2.45, 2.75) is 36.3 Å². The summed E-state index contributed by atoms with van der Waals surface area (Å²) in [6.07, 6.45) is 3.18. The van der Waals surface area contributed by atoms with Gasteiger partial charge in [0, 0.05) is 18.0 Å². The molecule has 1 unspecified atom stereocenters. The molecule has 0 bridgehead atoms. The van der Waals surface area contributed by atoms with Gasteiger partial charge in [-0.25, -0.2) is 0 Å². The molecule has 3 nitrogen and oxygen atoms in total. The van der Waals surface area contributed by atoms with Crippen LogP contribution in [0.4, 0.5) is 0 Å². The molecule has 22 heavy (non-hydrogen) atoms. The highest BCUT2D eigenvalue weighted by molar-refractivity contribution is 8.01. The lowest BCUT2D eigenvalue weighted by Crippen LogP contribution is -2.44. The first-order chi connectivity index (χ1) is 10.3. The Balaban J connectivity index is 0.00000176. The quantitative estimate of drug-likeness (QED) is 0.914. The van der Waals surface area contributed by atoms with Crippen molar-refractivity contribution >= 4 is 30.1 Å². The number of carbonyl (C=O) groups excluding carboxylic acids is 1. The average Bonchev–Trinajstić information content (AvgIpc) is 2.96. The van der Waals surface area contributed by atoms with Crippen LogP contribution in [0, 0.1) is 5.92 Å². The van der Waals surface area contributed by atoms with Crippen molar-refractivity contribution in [3.63, 3.8) is 0 Å². The number of rotatable bonds is 4. The standard InChI is InChI=1S/C17H24N2OS.ClH/c1-2-18-12-13-7-9-19(10-8-13)17(20)16-11-14-5-3-4-6-15(14)21-16;/h3-6,13,16,18H,2,7-12H2,1H3;1H. The van der Waals surface area contributed by atoms with E-state index in [1.807, 2.05) is 0 Å². The van der Waals surface area contributed by atoms with Gasteiger partial charge in [-0.2, -0.15) is 0 Å². The molecule has 1 aromatic rings. The van der Waals surface area contributed by atoms with E-state index in [0.29, 0.717) is 5.91 Å². The number of thioether (sulfide) groups is 1. The maximum atomic E-state index is 12.7. The van der Waals surface area contributed by atoms with Crippen LogP contribution in [0.25, 0.3) is 0 Å². The molecule has 0 aliphatic carbocycles. The van der Waals surface area contributed by atoms with Gasteiger partial charge in [-0.05, 0) is 49.9 Å². The molecule has 1 aromatic carbocycles. The second kappa shape index (κ2) is 8.23. The number of benzene rings is 1. The van der Waals surface area contributed by atoms with E-state index < -0.39 is 0 Å². The second-order valence-electron chi connectivity index (χ2n) is 5.99. The number of likely N-dealkylation sites (tertiary alicyclic amines) is 1. The van der Waals surface area contributed by atoms with Gasteiger partial charge >= 0.3 is 0 Å². The number of piperidine rings is 1. The number of amides is 1. The molecule has 3 rings (SSSR count). The molecular weight excluding hydrogens is 316 g/mol. The van der Waals surface area contributed by atoms with E-state index in [1.54, 1.807) is 11.8 Å². The van der Waals surface area contributed by atoms with Gasteiger partial charge in [0.2, 0.25) is 5.91 Å². The number of nitrogens with one attached hydrogen (secondary N) is 1. The SMILES string of the molecule is CCNCC1CCN(C(=O)C2Cc3ccccc3S2)CC1.Cl. The minimum absolute atomic E-state index is 0. The van der Waals surface area contributed by atoms with E-state index in [-0.39, 0.29) is 17.7 Å². The van der Waals surface area contributed by atoms with Gasteiger partial charge in [0.25, 0.3) is 0 Å². The lowest BCUT2D eigenvalue weighted by Gasteiger charge is -2.33. The number of hydrogen-bond acceptors (Lipinski definition) is 3. The first kappa shape index (κ1) is 17.6. The Morgan fingerprint density at radius 3 is 2.73 bits per heavy atom. The summed E-state index contributed by atoms with van der Waals surface area (Å²) in [5, 5.41) is 3.53. The Morgan fingerprint density at radius 1 is 1.32 bits per heavy atom. The van der Waals surface area contributed by atoms with Crippen molar-refractivity contribution < 1.29 is 4.79 Å². The smallest absolute Gasteiger partial charge is 0.236 e. The summed E-state index contributed by atoms with van der Waals surface area (Å²) in [6, 6.07) is 8.41. The maximum absolute atomic E-state index is 12.7. The molecule has 122 valence electrons. The molecule has 0 saturated carbocycles. The van der Waals surface area contributed by atoms with Gasteiger partial charge in [0.05, 0.1) is 5.25 Å². The van der Waals surface area contributed by atoms with Gasteiger partial charge in [-0.3, -0.25) is 4.79 Å². The molecule has 1 atom stereocenters. The van der Waals surface area contributed by atoms with Crippen molar-refractivity contribution in [3.8, 4) is 0 Å². The summed E-state index contributed by atoms with van der Waals surface area (Å²) in [6.45, 7) is 6.15. The van der Waals surface area contributed by atoms with Crippen LogP contribution in [0.15, 0.2) is 29.2 Å². The summed E-state index contributed by atoms with van der Waals surface area (Å²) in [5.41, 5.74) is 1.34. The molecule has 2 aliphatic rings. The fourth-order valence-electron chi connectivity index (χ4n) is 3.23. The Labute approximate surface area is 143 Å². The molecule has 2 heterocycles. The molecule has 1 N–H and O–H groups in total. The molecule has 0 aromatic heterocycles. The maximum Gasteiger partial charge on any atom is 0.236 e. The lowest BCUT2D eigenvalue weighted by atomic mass is 9.96. The Morgan fingerprint density at radius 2 is 2.05 bits per heavy atom. The fraction of sp³-hybridized carbons (Fsp3) is 0.588. The molecule has 1 amide bonds. The summed E-state index contributed by atoms with van der Waals surface area (Å²) >= 11 is 1.75. The number of halogens is 1. The van der Waals surface area contributed by atoms with Crippen LogP contribution >= 0.6 is 24.2 Å². The molecule has 0 radical (unpaired) electrons. The highest BCUT2D eigenvalue weighted by atomic mass is 35.5. The third kappa shape index (κ3) is 3.98. The fourth-order valence-corrected chi connectivity index (χ4v) is 4.51. The first-order valence-electron chi connectivity index (χ1n) is 8.02. The van der Waals surface area contributed by atoms with E-state index in [1.165, 1.54) is 10.5 Å². The topological polar surface area (TPSA) is 32.3 Å². The highest BCUT2D eigenvalue weighted by Crippen LogP contribution is 2.38. The van der Waals surface area contributed by atoms with Crippen LogP contribution in [-0.4, -0.2) is 42.2 Å². The van der Waals surface area contributed by atoms with Crippen molar-refractivity contribution in [1.29, 1.82) is 0 Å². The van der Waals surface area contributed by atoms with E-state index in [4.69, 9.17) is 0 Å². The van der Waals surface area contributed by atoms with Crippen LogP contribution in [0.1, 0.15) is 25.3 Å². The van der Waals surface area contributed by atoms with Crippen molar-refractivity contribution in [3.05, 3.63) is 29.8 Å². The number of nitrogens with zero attached hydrogens (tertiary/aromatic N) is 1. The second-order valence-corrected chi connectivity index (χ2v) is 7.24. The van der Waals surface area contributed by atoms with Gasteiger partial charge in [-0.1, -0.05) is 25.1 Å². The minimum atomic E-state index is 0. The van der Waals surface area contributed by atoms with Crippen LogP contribution in [0.5, 0.6) is 0 Å². The van der Waals surface area contributed by atoms with Gasteiger partial charge in [0.1, 0.15) is 0 Å². The van der Waals surface area contributed by atoms with Crippen molar-refractivity contribution in [2.24, 2.45) is 5.92 Å². The zero-order valence-electron chi connectivity index (χ0n) is 13.1. The molecule has 2 aliphatic heterocycles. The number of carbonyl (C=O) groups is 1. The third-order valence-electron chi connectivity index (χ3n) is 4.53. The largest absolute Gasteiger partial charge is 0.342 e. The molecular formula is C17H25ClN2OS. The van der Waals surface area contributed by atoms with Gasteiger partial charge in [0.15, 0.2) is 0 Å². The Hall–Kier alpha value is -0.710. The zero-order chi connectivity index (χ0) is 14.7. The molecule has 0 spiro atoms. The van der Waals surface area contributed by atoms with Crippen LogP contribution in [0.3, 0.4) is 0 Å². The van der Waals surface area contributed by atoms with Crippen LogP contribution < -0.4 is 5.32 Å². The molecule has 1 saturated heterocycles. The predicted molar refractivity (Wildman–Crippen MR) is 94.9 cm³/mol. The van der Waals surface area contributed by atoms with E-state index in [2.05, 4.69) is 41.4 Å². The average molecular weight is 341 g/mol. The zero-order valence-corrected chi connectivity index (χ0v) is 14.7. The molecule has 1 fully saturated rings. The number of hydrogen-bond donors (Lipinski definition) is 1. The third-order valence-corrected chi connectivity index (χ3v) is 5.84. The van der Waals surface area contributed by atoms with Crippen LogP contribution in [0.2, 0.25) is 0 Å². The van der Waals surface area contributed by atoms with Crippen LogP contribution in [-0.2, 0) is 11.2 Å². The highest BCUT2D eigenvalue weighted by Gasteiger charge is 2.32. The predicted octanol–water partition coefficient (Wildman–Crippen LogP) is 2.97. The summed E-state index contributed by atoms with van der Waals surface area (Å²) in [5.74, 6) is 1.08. The Kier molecular flexibility index (Phi) is 6.60. The van der Waals surface area contributed by atoms with Gasteiger partial charge in [-0.15, -0.1) is 24.2 Å². The minimum Gasteiger partial charge on any atom is -0.342 e. The lowest BCUT2D eigenvalue weighted by molar-refractivity contribution is -0.131. The van der Waals surface area contributed by atoms with E-state index >= 15 is 0 Å². The van der Waals surface area contributed by atoms with Crippen molar-refractivity contribution in [2.75, 3.05) is 26.2 Å². The monoisotopic (exact) mass is 340 g/mol. The Bertz CT molecular complexity index is 478. The first-order valence-corrected chi connectivity index (χ1v) is 8.90. The summed E-state index contributed by atoms with van der Waals surface area (Å²) in [7, 11) is 0. The number of fused-ring (bicyclic) bond motifs is 1. The van der Waals surface area contributed by atoms with Gasteiger partial charge < -0.3 is 10.2 Å².